The van der Waals surface area contributed by atoms with E-state index in [9.17, 15) is 5.26 Å². The number of benzene rings is 1. The van der Waals surface area contributed by atoms with Gasteiger partial charge in [0.15, 0.2) is 11.5 Å². The molecule has 0 aliphatic rings. The summed E-state index contributed by atoms with van der Waals surface area (Å²) in [7, 11) is 0. The molecule has 5 heteroatoms. The largest absolute Gasteiger partial charge is 0.463 e. The second-order valence-corrected chi connectivity index (χ2v) is 4.58. The third kappa shape index (κ3) is 1.88. The quantitative estimate of drug-likeness (QED) is 0.713. The van der Waals surface area contributed by atoms with Crippen LogP contribution in [0.4, 0.5) is 0 Å². The molecule has 0 atom stereocenters. The highest BCUT2D eigenvalue weighted by atomic mass is 16.3. The van der Waals surface area contributed by atoms with Crippen molar-refractivity contribution < 1.29 is 4.42 Å². The van der Waals surface area contributed by atoms with Crippen molar-refractivity contribution in [2.75, 3.05) is 0 Å². The molecule has 0 aliphatic carbocycles. The molecule has 0 aliphatic heterocycles. The molecule has 5 nitrogen and oxygen atoms in total. The van der Waals surface area contributed by atoms with E-state index in [0.29, 0.717) is 11.5 Å². The molecular formula is C15H12N4O. The summed E-state index contributed by atoms with van der Waals surface area (Å²) in [5.41, 5.74) is 3.94. The first-order valence-electron chi connectivity index (χ1n) is 6.18. The van der Waals surface area contributed by atoms with Crippen molar-refractivity contribution in [1.82, 2.24) is 15.0 Å². The lowest BCUT2D eigenvalue weighted by molar-refractivity contribution is 0.576. The Balaban J connectivity index is 2.25. The van der Waals surface area contributed by atoms with Gasteiger partial charge in [0, 0.05) is 0 Å². The molecule has 0 unspecified atom stereocenters. The first-order chi connectivity index (χ1) is 9.70. The summed E-state index contributed by atoms with van der Waals surface area (Å²) in [5, 5.41) is 17.2. The number of furan rings is 1. The van der Waals surface area contributed by atoms with Crippen LogP contribution in [0.1, 0.15) is 16.8 Å². The van der Waals surface area contributed by atoms with Gasteiger partial charge in [-0.15, -0.1) is 5.10 Å². The van der Waals surface area contributed by atoms with Gasteiger partial charge in [-0.05, 0) is 37.6 Å². The molecule has 0 fully saturated rings. The second kappa shape index (κ2) is 4.67. The van der Waals surface area contributed by atoms with Crippen LogP contribution in [0.25, 0.3) is 17.1 Å². The first kappa shape index (κ1) is 12.2. The molecule has 3 rings (SSSR count). The number of aryl methyl sites for hydroxylation is 2. The molecule has 1 aromatic carbocycles. The molecule has 2 heterocycles. The topological polar surface area (TPSA) is 67.6 Å². The maximum absolute atomic E-state index is 9.18. The first-order valence-corrected chi connectivity index (χ1v) is 6.18. The Morgan fingerprint density at radius 1 is 1.25 bits per heavy atom. The van der Waals surface area contributed by atoms with Gasteiger partial charge in [-0.2, -0.15) is 5.26 Å². The van der Waals surface area contributed by atoms with E-state index < -0.39 is 0 Å². The molecule has 2 aromatic heterocycles. The van der Waals surface area contributed by atoms with E-state index in [0.717, 1.165) is 11.3 Å². The van der Waals surface area contributed by atoms with Gasteiger partial charge in [-0.25, -0.2) is 4.68 Å². The SMILES string of the molecule is Cc1ccc(-n2nnc(C#N)c2-c2ccco2)c(C)c1. The summed E-state index contributed by atoms with van der Waals surface area (Å²) in [6.45, 7) is 4.04. The van der Waals surface area contributed by atoms with Gasteiger partial charge in [0.25, 0.3) is 0 Å². The van der Waals surface area contributed by atoms with E-state index >= 15 is 0 Å². The van der Waals surface area contributed by atoms with Crippen LogP contribution in [-0.2, 0) is 0 Å². The normalized spacial score (nSPS) is 10.4. The van der Waals surface area contributed by atoms with Crippen LogP contribution in [0.15, 0.2) is 41.0 Å². The monoisotopic (exact) mass is 264 g/mol. The van der Waals surface area contributed by atoms with Gasteiger partial charge in [0.2, 0.25) is 0 Å². The zero-order valence-electron chi connectivity index (χ0n) is 11.2. The predicted molar refractivity (Wildman–Crippen MR) is 73.3 cm³/mol. The molecule has 0 radical (unpaired) electrons. The number of rotatable bonds is 2. The fraction of sp³-hybridized carbons (Fsp3) is 0.133. The number of nitrogens with zero attached hydrogens (tertiary/aromatic N) is 4. The molecule has 98 valence electrons. The minimum absolute atomic E-state index is 0.250. The minimum Gasteiger partial charge on any atom is -0.463 e. The van der Waals surface area contributed by atoms with Gasteiger partial charge < -0.3 is 4.42 Å². The predicted octanol–water partition coefficient (Wildman–Crippen LogP) is 3.02. The maximum Gasteiger partial charge on any atom is 0.194 e. The van der Waals surface area contributed by atoms with E-state index in [1.807, 2.05) is 26.0 Å². The van der Waals surface area contributed by atoms with Crippen molar-refractivity contribution in [1.29, 1.82) is 5.26 Å². The average Bonchev–Trinajstić information content (AvgIpc) is 3.06. The van der Waals surface area contributed by atoms with Crippen LogP contribution < -0.4 is 0 Å². The van der Waals surface area contributed by atoms with Crippen LogP contribution in [0.2, 0.25) is 0 Å². The second-order valence-electron chi connectivity index (χ2n) is 4.58. The van der Waals surface area contributed by atoms with E-state index in [1.165, 1.54) is 5.56 Å². The van der Waals surface area contributed by atoms with Crippen molar-refractivity contribution in [3.8, 4) is 23.2 Å². The molecule has 0 saturated heterocycles. The van der Waals surface area contributed by atoms with Crippen molar-refractivity contribution in [2.45, 2.75) is 13.8 Å². The highest BCUT2D eigenvalue weighted by molar-refractivity contribution is 5.62. The van der Waals surface area contributed by atoms with Crippen LogP contribution >= 0.6 is 0 Å². The zero-order valence-corrected chi connectivity index (χ0v) is 11.2. The van der Waals surface area contributed by atoms with E-state index in [4.69, 9.17) is 4.42 Å². The minimum atomic E-state index is 0.250. The molecule has 0 bridgehead atoms. The summed E-state index contributed by atoms with van der Waals surface area (Å²) >= 11 is 0. The number of hydrogen-bond acceptors (Lipinski definition) is 4. The Kier molecular flexibility index (Phi) is 2.84. The average molecular weight is 264 g/mol. The Hall–Kier alpha value is -2.87. The van der Waals surface area contributed by atoms with Gasteiger partial charge >= 0.3 is 0 Å². The molecule has 0 saturated carbocycles. The zero-order chi connectivity index (χ0) is 14.1. The fourth-order valence-electron chi connectivity index (χ4n) is 2.20. The van der Waals surface area contributed by atoms with E-state index in [2.05, 4.69) is 22.4 Å². The molecule has 0 N–H and O–H groups in total. The van der Waals surface area contributed by atoms with Crippen molar-refractivity contribution >= 4 is 0 Å². The van der Waals surface area contributed by atoms with Gasteiger partial charge in [0.05, 0.1) is 12.0 Å². The number of hydrogen-bond donors (Lipinski definition) is 0. The molecule has 0 amide bonds. The fourth-order valence-corrected chi connectivity index (χ4v) is 2.20. The molecule has 20 heavy (non-hydrogen) atoms. The summed E-state index contributed by atoms with van der Waals surface area (Å²) in [6.07, 6.45) is 1.57. The Morgan fingerprint density at radius 2 is 2.10 bits per heavy atom. The third-order valence-electron chi connectivity index (χ3n) is 3.11. The van der Waals surface area contributed by atoms with Crippen molar-refractivity contribution in [3.05, 3.63) is 53.4 Å². The lowest BCUT2D eigenvalue weighted by Gasteiger charge is -2.08. The highest BCUT2D eigenvalue weighted by Gasteiger charge is 2.19. The van der Waals surface area contributed by atoms with Crippen molar-refractivity contribution in [3.63, 3.8) is 0 Å². The summed E-state index contributed by atoms with van der Waals surface area (Å²) in [6, 6.07) is 11.6. The Morgan fingerprint density at radius 3 is 2.75 bits per heavy atom. The molecule has 3 aromatic rings. The number of aromatic nitrogens is 3. The maximum atomic E-state index is 9.18. The van der Waals surface area contributed by atoms with Crippen LogP contribution in [0.5, 0.6) is 0 Å². The lowest BCUT2D eigenvalue weighted by atomic mass is 10.1. The van der Waals surface area contributed by atoms with Crippen LogP contribution in [0, 0.1) is 25.2 Å². The highest BCUT2D eigenvalue weighted by Crippen LogP contribution is 2.26. The smallest absolute Gasteiger partial charge is 0.194 e. The van der Waals surface area contributed by atoms with E-state index in [1.54, 1.807) is 23.1 Å². The van der Waals surface area contributed by atoms with Gasteiger partial charge in [-0.3, -0.25) is 0 Å². The summed E-state index contributed by atoms with van der Waals surface area (Å²) < 4.78 is 7.04. The third-order valence-corrected chi connectivity index (χ3v) is 3.11. The van der Waals surface area contributed by atoms with Gasteiger partial charge in [-0.1, -0.05) is 22.9 Å². The van der Waals surface area contributed by atoms with Crippen molar-refractivity contribution in [2.24, 2.45) is 0 Å². The van der Waals surface area contributed by atoms with Gasteiger partial charge in [0.1, 0.15) is 11.8 Å². The summed E-state index contributed by atoms with van der Waals surface area (Å²) in [5.74, 6) is 0.575. The van der Waals surface area contributed by atoms with Crippen LogP contribution in [0.3, 0.4) is 0 Å². The van der Waals surface area contributed by atoms with E-state index in [-0.39, 0.29) is 5.69 Å². The molecular weight excluding hydrogens is 252 g/mol. The molecule has 0 spiro atoms. The number of nitriles is 1. The lowest BCUT2D eigenvalue weighted by Crippen LogP contribution is -2.02. The standard InChI is InChI=1S/C15H12N4O/c1-10-5-6-13(11(2)8-10)19-15(12(9-16)17-18-19)14-4-3-7-20-14/h3-8H,1-2H3. The Labute approximate surface area is 116 Å². The van der Waals surface area contributed by atoms with Crippen LogP contribution in [-0.4, -0.2) is 15.0 Å². The Bertz CT molecular complexity index is 794. The summed E-state index contributed by atoms with van der Waals surface area (Å²) in [4.78, 5) is 0.